The second-order valence-corrected chi connectivity index (χ2v) is 8.67. The Hall–Kier alpha value is -3.88. The predicted molar refractivity (Wildman–Crippen MR) is 112 cm³/mol. The maximum Gasteiger partial charge on any atom is 0.270 e. The molecule has 1 saturated heterocycles. The second kappa shape index (κ2) is 6.81. The Morgan fingerprint density at radius 3 is 2.31 bits per heavy atom. The maximum absolute atomic E-state index is 13.0. The Morgan fingerprint density at radius 1 is 0.969 bits per heavy atom. The summed E-state index contributed by atoms with van der Waals surface area (Å²) >= 11 is 0. The number of hydrogen-bond donors (Lipinski definition) is 0. The topological polar surface area (TPSA) is 119 Å². The van der Waals surface area contributed by atoms with E-state index < -0.39 is 4.92 Å². The number of nitro benzene ring substituents is 1. The lowest BCUT2D eigenvalue weighted by Gasteiger charge is -2.19. The number of hydrogen-bond acceptors (Lipinski definition) is 7. The first-order valence-electron chi connectivity index (χ1n) is 10.6. The van der Waals surface area contributed by atoms with Crippen LogP contribution in [0.15, 0.2) is 53.1 Å². The molecule has 0 N–H and O–H groups in total. The quantitative estimate of drug-likeness (QED) is 0.350. The first-order chi connectivity index (χ1) is 15.5. The predicted octanol–water partition coefficient (Wildman–Crippen LogP) is 3.85. The van der Waals surface area contributed by atoms with Gasteiger partial charge < -0.3 is 4.52 Å². The van der Waals surface area contributed by atoms with E-state index in [1.165, 1.54) is 17.0 Å². The number of non-ortho nitro benzene ring substituents is 1. The SMILES string of the molecule is O=C1[C@H]2[C@H]3CC[C@@H](C3)[C@@H]2C(=O)N1c1ccc(-c2nc(-c3cccc([N+](=O)[O-])c3)no2)cc1. The zero-order valence-corrected chi connectivity index (χ0v) is 16.9. The minimum absolute atomic E-state index is 0.0589. The zero-order valence-electron chi connectivity index (χ0n) is 16.9. The molecule has 9 nitrogen and oxygen atoms in total. The number of aromatic nitrogens is 2. The number of nitrogens with zero attached hydrogens (tertiary/aromatic N) is 4. The number of amides is 2. The molecule has 3 fully saturated rings. The molecule has 9 heteroatoms. The molecule has 6 rings (SSSR count). The van der Waals surface area contributed by atoms with Crippen LogP contribution < -0.4 is 4.90 Å². The first-order valence-corrected chi connectivity index (χ1v) is 10.6. The van der Waals surface area contributed by atoms with Crippen molar-refractivity contribution in [1.29, 1.82) is 0 Å². The highest BCUT2D eigenvalue weighted by molar-refractivity contribution is 6.22. The number of carbonyl (C=O) groups is 2. The van der Waals surface area contributed by atoms with Gasteiger partial charge in [0.2, 0.25) is 17.6 Å². The van der Waals surface area contributed by atoms with E-state index in [9.17, 15) is 19.7 Å². The van der Waals surface area contributed by atoms with Crippen molar-refractivity contribution in [2.75, 3.05) is 4.90 Å². The van der Waals surface area contributed by atoms with E-state index in [-0.39, 0.29) is 41.1 Å². The number of benzene rings is 2. The molecule has 2 aliphatic carbocycles. The third-order valence-electron chi connectivity index (χ3n) is 7.04. The normalized spacial score (nSPS) is 26.1. The fourth-order valence-corrected chi connectivity index (χ4v) is 5.63. The summed E-state index contributed by atoms with van der Waals surface area (Å²) in [7, 11) is 0. The molecule has 2 saturated carbocycles. The number of carbonyl (C=O) groups excluding carboxylic acids is 2. The van der Waals surface area contributed by atoms with Gasteiger partial charge in [-0.05, 0) is 55.4 Å². The van der Waals surface area contributed by atoms with Crippen LogP contribution in [-0.4, -0.2) is 26.9 Å². The number of fused-ring (bicyclic) bond motifs is 5. The third kappa shape index (κ3) is 2.70. The molecule has 160 valence electrons. The van der Waals surface area contributed by atoms with Crippen LogP contribution >= 0.6 is 0 Å². The summed E-state index contributed by atoms with van der Waals surface area (Å²) in [5.41, 5.74) is 1.59. The number of imide groups is 1. The van der Waals surface area contributed by atoms with Crippen molar-refractivity contribution in [3.05, 3.63) is 58.6 Å². The molecule has 3 aliphatic rings. The monoisotopic (exact) mass is 430 g/mol. The minimum Gasteiger partial charge on any atom is -0.334 e. The summed E-state index contributed by atoms with van der Waals surface area (Å²) in [6, 6.07) is 12.9. The van der Waals surface area contributed by atoms with E-state index in [0.29, 0.717) is 28.7 Å². The Morgan fingerprint density at radius 2 is 1.66 bits per heavy atom. The van der Waals surface area contributed by atoms with Gasteiger partial charge in [-0.3, -0.25) is 24.6 Å². The van der Waals surface area contributed by atoms with E-state index in [2.05, 4.69) is 10.1 Å². The molecule has 1 aliphatic heterocycles. The summed E-state index contributed by atoms with van der Waals surface area (Å²) in [5, 5.41) is 14.9. The minimum atomic E-state index is -0.482. The lowest BCUT2D eigenvalue weighted by atomic mass is 9.81. The van der Waals surface area contributed by atoms with Crippen molar-refractivity contribution in [3.63, 3.8) is 0 Å². The van der Waals surface area contributed by atoms with Gasteiger partial charge in [0.25, 0.3) is 11.6 Å². The summed E-state index contributed by atoms with van der Waals surface area (Å²) in [6.45, 7) is 0. The summed E-state index contributed by atoms with van der Waals surface area (Å²) in [4.78, 5) is 42.2. The molecular formula is C23H18N4O5. The molecule has 2 heterocycles. The highest BCUT2D eigenvalue weighted by atomic mass is 16.6. The molecule has 3 aromatic rings. The largest absolute Gasteiger partial charge is 0.334 e. The van der Waals surface area contributed by atoms with Crippen LogP contribution in [0, 0.1) is 33.8 Å². The Labute approximate surface area is 182 Å². The zero-order chi connectivity index (χ0) is 22.0. The van der Waals surface area contributed by atoms with Crippen LogP contribution in [0.2, 0.25) is 0 Å². The fourth-order valence-electron chi connectivity index (χ4n) is 5.63. The average molecular weight is 430 g/mol. The van der Waals surface area contributed by atoms with Crippen molar-refractivity contribution < 1.29 is 19.0 Å². The Balaban J connectivity index is 1.25. The third-order valence-corrected chi connectivity index (χ3v) is 7.04. The average Bonchev–Trinajstić information content (AvgIpc) is 3.58. The van der Waals surface area contributed by atoms with Crippen LogP contribution in [-0.2, 0) is 9.59 Å². The van der Waals surface area contributed by atoms with Crippen molar-refractivity contribution in [2.45, 2.75) is 19.3 Å². The molecule has 4 atom stereocenters. The first kappa shape index (κ1) is 18.9. The van der Waals surface area contributed by atoms with Crippen LogP contribution in [0.4, 0.5) is 11.4 Å². The molecule has 32 heavy (non-hydrogen) atoms. The number of anilines is 1. The molecule has 0 spiro atoms. The van der Waals surface area contributed by atoms with E-state index in [1.54, 1.807) is 36.4 Å². The van der Waals surface area contributed by atoms with E-state index in [1.807, 2.05) is 0 Å². The fraction of sp³-hybridized carbons (Fsp3) is 0.304. The molecule has 0 unspecified atom stereocenters. The smallest absolute Gasteiger partial charge is 0.270 e. The van der Waals surface area contributed by atoms with Crippen molar-refractivity contribution in [2.24, 2.45) is 23.7 Å². The van der Waals surface area contributed by atoms with Crippen molar-refractivity contribution >= 4 is 23.2 Å². The number of nitro groups is 1. The maximum atomic E-state index is 13.0. The van der Waals surface area contributed by atoms with Gasteiger partial charge >= 0.3 is 0 Å². The van der Waals surface area contributed by atoms with E-state index in [0.717, 1.165) is 19.3 Å². The lowest BCUT2D eigenvalue weighted by molar-refractivity contribution is -0.384. The Bertz CT molecular complexity index is 1240. The van der Waals surface area contributed by atoms with Gasteiger partial charge in [0.1, 0.15) is 0 Å². The lowest BCUT2D eigenvalue weighted by Crippen LogP contribution is -2.32. The molecular weight excluding hydrogens is 412 g/mol. The van der Waals surface area contributed by atoms with Gasteiger partial charge in [-0.1, -0.05) is 17.3 Å². The summed E-state index contributed by atoms with van der Waals surface area (Å²) in [6.07, 6.45) is 3.09. The highest BCUT2D eigenvalue weighted by Crippen LogP contribution is 2.56. The molecule has 0 radical (unpaired) electrons. The van der Waals surface area contributed by atoms with Crippen molar-refractivity contribution in [1.82, 2.24) is 10.1 Å². The molecule has 1 aromatic heterocycles. The summed E-state index contributed by atoms with van der Waals surface area (Å²) in [5.74, 6) is 0.695. The molecule has 2 aromatic carbocycles. The number of rotatable bonds is 4. The van der Waals surface area contributed by atoms with Gasteiger partial charge in [-0.25, -0.2) is 0 Å². The van der Waals surface area contributed by atoms with Gasteiger partial charge in [0.15, 0.2) is 0 Å². The Kier molecular flexibility index (Phi) is 4.01. The highest BCUT2D eigenvalue weighted by Gasteiger charge is 2.61. The molecule has 2 amide bonds. The standard InChI is InChI=1S/C23H18N4O5/c28-22-18-13-4-5-14(10-13)19(18)23(29)26(22)16-8-6-12(7-9-16)21-24-20(25-32-21)15-2-1-3-17(11-15)27(30)31/h1-3,6-9,11,13-14,18-19H,4-5,10H2/t13-,14-,18-,19-/m0/s1. The van der Waals surface area contributed by atoms with Gasteiger partial charge in [0, 0.05) is 23.3 Å². The van der Waals surface area contributed by atoms with Crippen LogP contribution in [0.1, 0.15) is 19.3 Å². The van der Waals surface area contributed by atoms with Gasteiger partial charge in [-0.2, -0.15) is 4.98 Å². The van der Waals surface area contributed by atoms with Gasteiger partial charge in [-0.15, -0.1) is 0 Å². The van der Waals surface area contributed by atoms with Crippen LogP contribution in [0.5, 0.6) is 0 Å². The van der Waals surface area contributed by atoms with Crippen molar-refractivity contribution in [3.8, 4) is 22.8 Å². The summed E-state index contributed by atoms with van der Waals surface area (Å²) < 4.78 is 5.33. The van der Waals surface area contributed by atoms with E-state index >= 15 is 0 Å². The van der Waals surface area contributed by atoms with Crippen LogP contribution in [0.3, 0.4) is 0 Å². The second-order valence-electron chi connectivity index (χ2n) is 8.67. The van der Waals surface area contributed by atoms with Gasteiger partial charge in [0.05, 0.1) is 22.4 Å². The van der Waals surface area contributed by atoms with Crippen LogP contribution in [0.25, 0.3) is 22.8 Å². The molecule has 2 bridgehead atoms. The van der Waals surface area contributed by atoms with E-state index in [4.69, 9.17) is 4.52 Å².